The molecular formula is C31H47NO2S. The van der Waals surface area contributed by atoms with Crippen LogP contribution in [-0.2, 0) is 4.79 Å². The summed E-state index contributed by atoms with van der Waals surface area (Å²) in [6.07, 6.45) is 24.4. The molecule has 1 aromatic carbocycles. The summed E-state index contributed by atoms with van der Waals surface area (Å²) in [6.45, 7) is 2.29. The third kappa shape index (κ3) is 10.6. The number of hydrogen-bond donors (Lipinski definition) is 0. The van der Waals surface area contributed by atoms with Crippen LogP contribution >= 0.6 is 12.2 Å². The summed E-state index contributed by atoms with van der Waals surface area (Å²) in [7, 11) is 0. The van der Waals surface area contributed by atoms with Crippen LogP contribution in [-0.4, -0.2) is 11.1 Å². The van der Waals surface area contributed by atoms with E-state index in [1.165, 1.54) is 103 Å². The predicted molar refractivity (Wildman–Crippen MR) is 150 cm³/mol. The number of nitrogens with zero attached hydrogens (tertiary/aromatic N) is 1. The normalized spacial score (nSPS) is 24.5. The van der Waals surface area contributed by atoms with Gasteiger partial charge in [-0.3, -0.25) is 4.79 Å². The first kappa shape index (κ1) is 28.1. The molecule has 0 amide bonds. The van der Waals surface area contributed by atoms with Gasteiger partial charge in [0.25, 0.3) is 0 Å². The average Bonchev–Trinajstić information content (AvgIpc) is 2.89. The van der Waals surface area contributed by atoms with Gasteiger partial charge in [0.15, 0.2) is 0 Å². The molecule has 0 bridgehead atoms. The molecule has 0 spiro atoms. The summed E-state index contributed by atoms with van der Waals surface area (Å²) in [5, 5.41) is 2.35. The second kappa shape index (κ2) is 16.3. The summed E-state index contributed by atoms with van der Waals surface area (Å²) in [6, 6.07) is 7.14. The molecule has 0 unspecified atom stereocenters. The van der Waals surface area contributed by atoms with Gasteiger partial charge in [-0.15, -0.1) is 0 Å². The molecule has 1 aromatic rings. The number of unbranched alkanes of at least 4 members (excludes halogenated alkanes) is 6. The van der Waals surface area contributed by atoms with Crippen LogP contribution in [0.15, 0.2) is 29.3 Å². The fourth-order valence-corrected chi connectivity index (χ4v) is 6.30. The van der Waals surface area contributed by atoms with Gasteiger partial charge < -0.3 is 4.74 Å². The summed E-state index contributed by atoms with van der Waals surface area (Å²) in [4.78, 5) is 16.5. The molecule has 0 atom stereocenters. The molecule has 3 rings (SSSR count). The van der Waals surface area contributed by atoms with Gasteiger partial charge in [-0.2, -0.15) is 4.99 Å². The maximum atomic E-state index is 12.6. The molecule has 0 heterocycles. The van der Waals surface area contributed by atoms with Crippen LogP contribution in [0.1, 0.15) is 122 Å². The van der Waals surface area contributed by atoms with E-state index in [4.69, 9.17) is 4.74 Å². The van der Waals surface area contributed by atoms with Gasteiger partial charge in [0.2, 0.25) is 0 Å². The van der Waals surface area contributed by atoms with Gasteiger partial charge in [-0.1, -0.05) is 96.8 Å². The molecule has 2 saturated carbocycles. The van der Waals surface area contributed by atoms with E-state index in [2.05, 4.69) is 29.3 Å². The maximum absolute atomic E-state index is 12.6. The van der Waals surface area contributed by atoms with Gasteiger partial charge >= 0.3 is 5.97 Å². The Labute approximate surface area is 219 Å². The van der Waals surface area contributed by atoms with Gasteiger partial charge in [-0.05, 0) is 79.9 Å². The minimum absolute atomic E-state index is 0.0482. The standard InChI is InChI=1S/C31H47NO2S/c1-2-3-4-5-6-7-8-9-25-10-12-26(13-11-25)14-15-27-16-18-28(19-17-27)31(33)34-30-22-20-29(21-23-30)32-24-35/h20-23,25-28H,2-19H2,1H3. The molecule has 0 aliphatic heterocycles. The third-order valence-electron chi connectivity index (χ3n) is 8.58. The zero-order valence-corrected chi connectivity index (χ0v) is 22.8. The van der Waals surface area contributed by atoms with Crippen molar-refractivity contribution in [3.05, 3.63) is 24.3 Å². The highest BCUT2D eigenvalue weighted by atomic mass is 32.1. The van der Waals surface area contributed by atoms with Crippen molar-refractivity contribution in [2.24, 2.45) is 28.7 Å². The number of esters is 1. The van der Waals surface area contributed by atoms with Crippen LogP contribution < -0.4 is 4.74 Å². The zero-order chi connectivity index (χ0) is 24.7. The molecule has 0 aromatic heterocycles. The van der Waals surface area contributed by atoms with Crippen molar-refractivity contribution in [1.29, 1.82) is 0 Å². The number of ether oxygens (including phenoxy) is 1. The van der Waals surface area contributed by atoms with Crippen LogP contribution in [0, 0.1) is 23.7 Å². The largest absolute Gasteiger partial charge is 0.426 e. The van der Waals surface area contributed by atoms with Crippen molar-refractivity contribution in [2.45, 2.75) is 122 Å². The SMILES string of the molecule is CCCCCCCCCC1CCC(CCC2CCC(C(=O)Oc3ccc(N=C=S)cc3)CC2)CC1. The van der Waals surface area contributed by atoms with Crippen molar-refractivity contribution < 1.29 is 9.53 Å². The summed E-state index contributed by atoms with van der Waals surface area (Å²) in [5.41, 5.74) is 0.724. The van der Waals surface area contributed by atoms with Gasteiger partial charge in [-0.25, -0.2) is 0 Å². The van der Waals surface area contributed by atoms with E-state index in [-0.39, 0.29) is 11.9 Å². The zero-order valence-electron chi connectivity index (χ0n) is 22.0. The molecule has 194 valence electrons. The lowest BCUT2D eigenvalue weighted by molar-refractivity contribution is -0.140. The van der Waals surface area contributed by atoms with E-state index < -0.39 is 0 Å². The molecule has 2 fully saturated rings. The molecule has 4 heteroatoms. The summed E-state index contributed by atoms with van der Waals surface area (Å²) >= 11 is 4.62. The number of hydrogen-bond acceptors (Lipinski definition) is 4. The smallest absolute Gasteiger partial charge is 0.314 e. The highest BCUT2D eigenvalue weighted by Gasteiger charge is 2.29. The maximum Gasteiger partial charge on any atom is 0.314 e. The first-order valence-corrected chi connectivity index (χ1v) is 15.0. The van der Waals surface area contributed by atoms with Crippen molar-refractivity contribution in [3.8, 4) is 5.75 Å². The Morgan fingerprint density at radius 1 is 0.800 bits per heavy atom. The Balaban J connectivity index is 1.23. The van der Waals surface area contributed by atoms with Crippen LogP contribution in [0.4, 0.5) is 5.69 Å². The van der Waals surface area contributed by atoms with E-state index in [0.29, 0.717) is 5.75 Å². The minimum atomic E-state index is -0.0752. The van der Waals surface area contributed by atoms with Crippen molar-refractivity contribution in [3.63, 3.8) is 0 Å². The first-order valence-electron chi connectivity index (χ1n) is 14.6. The molecule has 2 aliphatic rings. The third-order valence-corrected chi connectivity index (χ3v) is 8.67. The lowest BCUT2D eigenvalue weighted by atomic mass is 9.75. The Kier molecular flexibility index (Phi) is 13.1. The topological polar surface area (TPSA) is 38.7 Å². The monoisotopic (exact) mass is 497 g/mol. The first-order chi connectivity index (χ1) is 17.2. The van der Waals surface area contributed by atoms with E-state index in [0.717, 1.165) is 36.3 Å². The average molecular weight is 498 g/mol. The second-order valence-corrected chi connectivity index (χ2v) is 11.4. The van der Waals surface area contributed by atoms with Crippen molar-refractivity contribution in [1.82, 2.24) is 0 Å². The van der Waals surface area contributed by atoms with E-state index in [1.807, 2.05) is 0 Å². The van der Waals surface area contributed by atoms with E-state index in [9.17, 15) is 4.79 Å². The highest BCUT2D eigenvalue weighted by molar-refractivity contribution is 7.78. The van der Waals surface area contributed by atoms with Crippen molar-refractivity contribution in [2.75, 3.05) is 0 Å². The molecule has 3 nitrogen and oxygen atoms in total. The van der Waals surface area contributed by atoms with Crippen LogP contribution in [0.25, 0.3) is 0 Å². The highest BCUT2D eigenvalue weighted by Crippen LogP contribution is 2.38. The number of carbonyl (C=O) groups excluding carboxylic acids is 1. The lowest BCUT2D eigenvalue weighted by Gasteiger charge is -2.31. The molecule has 0 saturated heterocycles. The minimum Gasteiger partial charge on any atom is -0.426 e. The van der Waals surface area contributed by atoms with Gasteiger partial charge in [0.1, 0.15) is 5.75 Å². The summed E-state index contributed by atoms with van der Waals surface area (Å²) in [5.74, 6) is 3.32. The molecule has 35 heavy (non-hydrogen) atoms. The van der Waals surface area contributed by atoms with E-state index in [1.54, 1.807) is 24.3 Å². The fraction of sp³-hybridized carbons (Fsp3) is 0.742. The Morgan fingerprint density at radius 2 is 1.31 bits per heavy atom. The van der Waals surface area contributed by atoms with Crippen molar-refractivity contribution >= 4 is 29.0 Å². The van der Waals surface area contributed by atoms with Crippen LogP contribution in [0.3, 0.4) is 0 Å². The Bertz CT molecular complexity index is 770. The van der Waals surface area contributed by atoms with Gasteiger partial charge in [0.05, 0.1) is 16.8 Å². The number of thiocarbonyl (C=S) groups is 1. The van der Waals surface area contributed by atoms with Crippen LogP contribution in [0.2, 0.25) is 0 Å². The predicted octanol–water partition coefficient (Wildman–Crippen LogP) is 9.86. The summed E-state index contributed by atoms with van der Waals surface area (Å²) < 4.78 is 5.62. The fourth-order valence-electron chi connectivity index (χ4n) is 6.20. The van der Waals surface area contributed by atoms with Crippen LogP contribution in [0.5, 0.6) is 5.75 Å². The number of benzene rings is 1. The van der Waals surface area contributed by atoms with E-state index >= 15 is 0 Å². The molecule has 0 N–H and O–H groups in total. The number of isothiocyanates is 1. The number of carbonyl (C=O) groups is 1. The van der Waals surface area contributed by atoms with Gasteiger partial charge in [0, 0.05) is 0 Å². The quantitative estimate of drug-likeness (QED) is 0.0843. The lowest BCUT2D eigenvalue weighted by Crippen LogP contribution is -2.26. The molecule has 0 radical (unpaired) electrons. The number of aliphatic imine (C=N–C) groups is 1. The molecular weight excluding hydrogens is 450 g/mol. The second-order valence-electron chi connectivity index (χ2n) is 11.2. The molecule has 2 aliphatic carbocycles. The Hall–Kier alpha value is -1.51. The Morgan fingerprint density at radius 3 is 1.89 bits per heavy atom. The number of rotatable bonds is 14.